The van der Waals surface area contributed by atoms with E-state index in [1.54, 1.807) is 67.8 Å². The average molecular weight is 612 g/mol. The fraction of sp³-hybridized carbons (Fsp3) is 0.375. The molecule has 0 radical (unpaired) electrons. The number of thioether (sulfide) groups is 1. The highest BCUT2D eigenvalue weighted by Crippen LogP contribution is 2.27. The van der Waals surface area contributed by atoms with E-state index in [4.69, 9.17) is 4.74 Å². The molecule has 8 nitrogen and oxygen atoms in total. The van der Waals surface area contributed by atoms with Crippen LogP contribution in [-0.2, 0) is 26.2 Å². The molecule has 0 aliphatic carbocycles. The summed E-state index contributed by atoms with van der Waals surface area (Å²) in [6.07, 6.45) is 2.27. The van der Waals surface area contributed by atoms with Gasteiger partial charge in [-0.1, -0.05) is 50.6 Å². The number of nitrogens with one attached hydrogen (secondary N) is 1. The molecule has 0 saturated carbocycles. The molecule has 2 amide bonds. The summed E-state index contributed by atoms with van der Waals surface area (Å²) < 4.78 is 34.5. The van der Waals surface area contributed by atoms with Crippen molar-refractivity contribution in [2.24, 2.45) is 5.92 Å². The first-order chi connectivity index (χ1) is 20.0. The van der Waals surface area contributed by atoms with Crippen LogP contribution in [0.4, 0.5) is 5.69 Å². The molecule has 226 valence electrons. The van der Waals surface area contributed by atoms with Gasteiger partial charge in [-0.2, -0.15) is 0 Å². The van der Waals surface area contributed by atoms with E-state index < -0.39 is 28.5 Å². The molecule has 0 aliphatic heterocycles. The fourth-order valence-electron chi connectivity index (χ4n) is 4.42. The molecule has 3 aromatic carbocycles. The van der Waals surface area contributed by atoms with Crippen LogP contribution in [-0.4, -0.2) is 57.6 Å². The van der Waals surface area contributed by atoms with Gasteiger partial charge in [-0.25, -0.2) is 8.42 Å². The quantitative estimate of drug-likeness (QED) is 0.242. The van der Waals surface area contributed by atoms with Gasteiger partial charge in [0.05, 0.1) is 17.7 Å². The van der Waals surface area contributed by atoms with Crippen molar-refractivity contribution in [3.05, 3.63) is 83.9 Å². The summed E-state index contributed by atoms with van der Waals surface area (Å²) in [4.78, 5) is 30.0. The maximum absolute atomic E-state index is 14.2. The van der Waals surface area contributed by atoms with E-state index in [0.717, 1.165) is 20.3 Å². The molecule has 0 spiro atoms. The first-order valence-electron chi connectivity index (χ1n) is 13.9. The summed E-state index contributed by atoms with van der Waals surface area (Å²) in [7, 11) is -2.56. The Bertz CT molecular complexity index is 1440. The van der Waals surface area contributed by atoms with Crippen LogP contribution in [0, 0.1) is 12.8 Å². The lowest BCUT2D eigenvalue weighted by Crippen LogP contribution is -2.52. The standard InChI is InChI=1S/C32H41N3O5S2/c1-7-30(32(37)33-20-23(2)3)34(21-25-9-8-10-27(19-25)40-5)31(36)22-35(26-13-11-24(4)12-14-26)42(38,39)29-17-15-28(41-6)16-18-29/h8-19,23,30H,7,20-22H2,1-6H3,(H,33,37)/t30-/m1/s1. The van der Waals surface area contributed by atoms with E-state index in [-0.39, 0.29) is 23.3 Å². The van der Waals surface area contributed by atoms with E-state index in [0.29, 0.717) is 24.4 Å². The number of hydrogen-bond acceptors (Lipinski definition) is 6. The van der Waals surface area contributed by atoms with Crippen molar-refractivity contribution < 1.29 is 22.7 Å². The highest BCUT2D eigenvalue weighted by molar-refractivity contribution is 7.98. The molecule has 0 fully saturated rings. The number of ether oxygens (including phenoxy) is 1. The molecule has 0 heterocycles. The maximum atomic E-state index is 14.2. The number of aryl methyl sites for hydroxylation is 1. The predicted octanol–water partition coefficient (Wildman–Crippen LogP) is 5.50. The van der Waals surface area contributed by atoms with E-state index >= 15 is 0 Å². The summed E-state index contributed by atoms with van der Waals surface area (Å²) in [5.41, 5.74) is 2.08. The third-order valence-electron chi connectivity index (χ3n) is 6.81. The average Bonchev–Trinajstić information content (AvgIpc) is 2.99. The van der Waals surface area contributed by atoms with Gasteiger partial charge in [-0.3, -0.25) is 13.9 Å². The Morgan fingerprint density at radius 3 is 2.24 bits per heavy atom. The van der Waals surface area contributed by atoms with Crippen molar-refractivity contribution in [3.8, 4) is 5.75 Å². The van der Waals surface area contributed by atoms with Gasteiger partial charge in [-0.05, 0) is 79.6 Å². The van der Waals surface area contributed by atoms with Gasteiger partial charge >= 0.3 is 0 Å². The summed E-state index contributed by atoms with van der Waals surface area (Å²) in [6.45, 7) is 7.83. The number of benzene rings is 3. The van der Waals surface area contributed by atoms with Gasteiger partial charge in [0.1, 0.15) is 18.3 Å². The summed E-state index contributed by atoms with van der Waals surface area (Å²) in [5.74, 6) is 0.0810. The number of amides is 2. The van der Waals surface area contributed by atoms with Crippen LogP contribution >= 0.6 is 11.8 Å². The number of carbonyl (C=O) groups excluding carboxylic acids is 2. The van der Waals surface area contributed by atoms with Gasteiger partial charge in [0, 0.05) is 18.0 Å². The van der Waals surface area contributed by atoms with Crippen LogP contribution in [0.1, 0.15) is 38.3 Å². The topological polar surface area (TPSA) is 96.0 Å². The Kier molecular flexibility index (Phi) is 11.9. The predicted molar refractivity (Wildman–Crippen MR) is 169 cm³/mol. The smallest absolute Gasteiger partial charge is 0.264 e. The second kappa shape index (κ2) is 15.1. The zero-order chi connectivity index (χ0) is 30.9. The molecular formula is C32H41N3O5S2. The monoisotopic (exact) mass is 611 g/mol. The third-order valence-corrected chi connectivity index (χ3v) is 9.34. The summed E-state index contributed by atoms with van der Waals surface area (Å²) >= 11 is 1.51. The van der Waals surface area contributed by atoms with Gasteiger partial charge in [0.15, 0.2) is 0 Å². The van der Waals surface area contributed by atoms with Crippen LogP contribution in [0.2, 0.25) is 0 Å². The maximum Gasteiger partial charge on any atom is 0.264 e. The van der Waals surface area contributed by atoms with Crippen LogP contribution in [0.25, 0.3) is 0 Å². The minimum absolute atomic E-state index is 0.0785. The largest absolute Gasteiger partial charge is 0.497 e. The minimum atomic E-state index is -4.12. The van der Waals surface area contributed by atoms with Crippen LogP contribution < -0.4 is 14.4 Å². The molecule has 1 N–H and O–H groups in total. The zero-order valence-corrected chi connectivity index (χ0v) is 26.8. The Hall–Kier alpha value is -3.50. The van der Waals surface area contributed by atoms with Crippen molar-refractivity contribution in [3.63, 3.8) is 0 Å². The van der Waals surface area contributed by atoms with Crippen LogP contribution in [0.3, 0.4) is 0 Å². The van der Waals surface area contributed by atoms with Crippen molar-refractivity contribution in [1.82, 2.24) is 10.2 Å². The minimum Gasteiger partial charge on any atom is -0.497 e. The first kappa shape index (κ1) is 33.0. The molecule has 0 saturated heterocycles. The van der Waals surface area contributed by atoms with Crippen molar-refractivity contribution >= 4 is 39.3 Å². The van der Waals surface area contributed by atoms with Gasteiger partial charge in [0.25, 0.3) is 10.0 Å². The lowest BCUT2D eigenvalue weighted by atomic mass is 10.1. The molecular weight excluding hydrogens is 571 g/mol. The molecule has 3 rings (SSSR count). The van der Waals surface area contributed by atoms with Crippen molar-refractivity contribution in [2.45, 2.75) is 56.5 Å². The lowest BCUT2D eigenvalue weighted by molar-refractivity contribution is -0.140. The van der Waals surface area contributed by atoms with Gasteiger partial charge in [0.2, 0.25) is 11.8 Å². The Morgan fingerprint density at radius 2 is 1.67 bits per heavy atom. The number of anilines is 1. The second-order valence-electron chi connectivity index (χ2n) is 10.5. The summed E-state index contributed by atoms with van der Waals surface area (Å²) in [6, 6.07) is 20.1. The molecule has 0 unspecified atom stereocenters. The van der Waals surface area contributed by atoms with Crippen LogP contribution in [0.15, 0.2) is 82.6 Å². The summed E-state index contributed by atoms with van der Waals surface area (Å²) in [5, 5.41) is 2.94. The Balaban J connectivity index is 2.05. The molecule has 0 bridgehead atoms. The SMILES string of the molecule is CC[C@H](C(=O)NCC(C)C)N(Cc1cccc(OC)c1)C(=O)CN(c1ccc(C)cc1)S(=O)(=O)c1ccc(SC)cc1. The first-order valence-corrected chi connectivity index (χ1v) is 16.6. The Labute approximate surface area is 254 Å². The van der Waals surface area contributed by atoms with E-state index in [9.17, 15) is 18.0 Å². The van der Waals surface area contributed by atoms with E-state index in [2.05, 4.69) is 5.32 Å². The highest BCUT2D eigenvalue weighted by Gasteiger charge is 2.33. The lowest BCUT2D eigenvalue weighted by Gasteiger charge is -2.33. The number of hydrogen-bond donors (Lipinski definition) is 1. The zero-order valence-electron chi connectivity index (χ0n) is 25.2. The number of sulfonamides is 1. The normalized spacial score (nSPS) is 12.1. The molecule has 42 heavy (non-hydrogen) atoms. The molecule has 0 aromatic heterocycles. The Morgan fingerprint density at radius 1 is 1.00 bits per heavy atom. The number of methoxy groups -OCH3 is 1. The number of rotatable bonds is 14. The van der Waals surface area contributed by atoms with E-state index in [1.807, 2.05) is 46.1 Å². The molecule has 3 aromatic rings. The number of nitrogens with zero attached hydrogens (tertiary/aromatic N) is 2. The highest BCUT2D eigenvalue weighted by atomic mass is 32.2. The van der Waals surface area contributed by atoms with Crippen molar-refractivity contribution in [1.29, 1.82) is 0 Å². The second-order valence-corrected chi connectivity index (χ2v) is 13.2. The third kappa shape index (κ3) is 8.51. The number of carbonyl (C=O) groups is 2. The molecule has 1 atom stereocenters. The van der Waals surface area contributed by atoms with Crippen molar-refractivity contribution in [2.75, 3.05) is 30.8 Å². The van der Waals surface area contributed by atoms with E-state index in [1.165, 1.54) is 16.7 Å². The molecule has 10 heteroatoms. The fourth-order valence-corrected chi connectivity index (χ4v) is 6.25. The van der Waals surface area contributed by atoms with Gasteiger partial charge < -0.3 is 15.0 Å². The van der Waals surface area contributed by atoms with Gasteiger partial charge in [-0.15, -0.1) is 11.8 Å². The van der Waals surface area contributed by atoms with Crippen LogP contribution in [0.5, 0.6) is 5.75 Å². The molecule has 0 aliphatic rings.